The first kappa shape index (κ1) is 35.8. The molecule has 5 atom stereocenters. The molecule has 0 spiro atoms. The highest BCUT2D eigenvalue weighted by atomic mass is 16.4. The van der Waals surface area contributed by atoms with Crippen molar-refractivity contribution in [2.75, 3.05) is 6.54 Å². The van der Waals surface area contributed by atoms with Gasteiger partial charge in [-0.1, -0.05) is 47.5 Å². The normalized spacial score (nSPS) is 14.7. The molecule has 39 heavy (non-hydrogen) atoms. The van der Waals surface area contributed by atoms with Crippen molar-refractivity contribution in [1.82, 2.24) is 21.3 Å². The van der Waals surface area contributed by atoms with Crippen molar-refractivity contribution in [1.29, 1.82) is 0 Å². The van der Waals surface area contributed by atoms with Gasteiger partial charge in [0.2, 0.25) is 23.6 Å². The number of rotatable bonds is 21. The summed E-state index contributed by atoms with van der Waals surface area (Å²) in [4.78, 5) is 71.2. The standard InChI is InChI=1S/C27H48N4O8/c1-6-17(4)24(30-20(32)12-14-22(34)35)26(38)28-16-10-9-11-19(8-3)29-27(39)25(18(5)7-2)31-21(33)13-15-23(36)37/h17-19,24-25H,6-16H2,1-5H3,(H,28,38)(H,29,39)(H,30,32)(H,31,33)(H,34,35)(H,36,37)/t17?,18?,19?,24-,25-/m0/s1. The molecule has 0 aromatic rings. The summed E-state index contributed by atoms with van der Waals surface area (Å²) < 4.78 is 0. The molecule has 0 saturated heterocycles. The van der Waals surface area contributed by atoms with E-state index in [-0.39, 0.29) is 55.4 Å². The molecule has 0 rings (SSSR count). The van der Waals surface area contributed by atoms with Crippen molar-refractivity contribution in [2.24, 2.45) is 11.8 Å². The molecule has 0 aromatic heterocycles. The number of nitrogens with one attached hydrogen (secondary N) is 4. The zero-order valence-electron chi connectivity index (χ0n) is 24.0. The maximum Gasteiger partial charge on any atom is 0.303 e. The van der Waals surface area contributed by atoms with Gasteiger partial charge in [0.15, 0.2) is 0 Å². The second-order valence-corrected chi connectivity index (χ2v) is 10.0. The zero-order valence-corrected chi connectivity index (χ0v) is 24.0. The number of hydrogen-bond acceptors (Lipinski definition) is 6. The van der Waals surface area contributed by atoms with Crippen LogP contribution in [0.1, 0.15) is 98.8 Å². The number of amides is 4. The topological polar surface area (TPSA) is 191 Å². The lowest BCUT2D eigenvalue weighted by atomic mass is 9.97. The van der Waals surface area contributed by atoms with E-state index in [9.17, 15) is 28.8 Å². The fraction of sp³-hybridized carbons (Fsp3) is 0.778. The molecule has 0 saturated carbocycles. The van der Waals surface area contributed by atoms with Crippen molar-refractivity contribution in [3.05, 3.63) is 0 Å². The highest BCUT2D eigenvalue weighted by molar-refractivity contribution is 5.89. The average molecular weight is 557 g/mol. The minimum absolute atomic E-state index is 0.124. The monoisotopic (exact) mass is 556 g/mol. The van der Waals surface area contributed by atoms with E-state index in [1.54, 1.807) is 0 Å². The Hall–Kier alpha value is -3.18. The van der Waals surface area contributed by atoms with E-state index in [1.165, 1.54) is 0 Å². The predicted molar refractivity (Wildman–Crippen MR) is 146 cm³/mol. The van der Waals surface area contributed by atoms with Crippen LogP contribution in [0.3, 0.4) is 0 Å². The largest absolute Gasteiger partial charge is 0.481 e. The van der Waals surface area contributed by atoms with E-state index in [1.807, 2.05) is 34.6 Å². The van der Waals surface area contributed by atoms with Gasteiger partial charge in [0.05, 0.1) is 12.8 Å². The summed E-state index contributed by atoms with van der Waals surface area (Å²) in [5.74, 6) is -3.98. The summed E-state index contributed by atoms with van der Waals surface area (Å²) in [5.41, 5.74) is 0. The van der Waals surface area contributed by atoms with Crippen LogP contribution in [0.15, 0.2) is 0 Å². The van der Waals surface area contributed by atoms with Crippen LogP contribution in [0.25, 0.3) is 0 Å². The maximum atomic E-state index is 12.9. The maximum absolute atomic E-state index is 12.9. The first-order valence-electron chi connectivity index (χ1n) is 14.0. The van der Waals surface area contributed by atoms with Crippen LogP contribution in [0, 0.1) is 11.8 Å². The van der Waals surface area contributed by atoms with Crippen LogP contribution in [0.2, 0.25) is 0 Å². The third-order valence-corrected chi connectivity index (χ3v) is 6.87. The smallest absolute Gasteiger partial charge is 0.303 e. The molecular weight excluding hydrogens is 508 g/mol. The number of carboxylic acid groups (broad SMARTS) is 2. The highest BCUT2D eigenvalue weighted by Crippen LogP contribution is 2.12. The van der Waals surface area contributed by atoms with Gasteiger partial charge in [-0.05, 0) is 37.5 Å². The first-order chi connectivity index (χ1) is 18.4. The Morgan fingerprint density at radius 3 is 1.49 bits per heavy atom. The van der Waals surface area contributed by atoms with Gasteiger partial charge in [0.1, 0.15) is 12.1 Å². The Morgan fingerprint density at radius 1 is 0.615 bits per heavy atom. The van der Waals surface area contributed by atoms with Crippen molar-refractivity contribution in [3.63, 3.8) is 0 Å². The third kappa shape index (κ3) is 15.7. The second kappa shape index (κ2) is 19.8. The van der Waals surface area contributed by atoms with E-state index in [0.717, 1.165) is 6.42 Å². The summed E-state index contributed by atoms with van der Waals surface area (Å²) in [5, 5.41) is 28.7. The van der Waals surface area contributed by atoms with Crippen molar-refractivity contribution in [2.45, 2.75) is 117 Å². The Kier molecular flexibility index (Phi) is 18.2. The Bertz CT molecular complexity index is 820. The summed E-state index contributed by atoms with van der Waals surface area (Å²) in [6.07, 6.45) is 3.05. The second-order valence-electron chi connectivity index (χ2n) is 10.0. The first-order valence-corrected chi connectivity index (χ1v) is 14.0. The molecule has 0 aliphatic rings. The molecule has 12 heteroatoms. The van der Waals surface area contributed by atoms with Gasteiger partial charge in [0, 0.05) is 25.4 Å². The molecule has 224 valence electrons. The Labute approximate surface area is 231 Å². The third-order valence-electron chi connectivity index (χ3n) is 6.87. The summed E-state index contributed by atoms with van der Waals surface area (Å²) in [6.45, 7) is 9.84. The van der Waals surface area contributed by atoms with Gasteiger partial charge in [-0.3, -0.25) is 28.8 Å². The SMILES string of the molecule is CCC(CCCCNC(=O)[C@@H](NC(=O)CCC(=O)O)C(C)CC)NC(=O)[C@@H](NC(=O)CCC(=O)O)C(C)CC. The van der Waals surface area contributed by atoms with Gasteiger partial charge in [-0.2, -0.15) is 0 Å². The summed E-state index contributed by atoms with van der Waals surface area (Å²) in [6, 6.07) is -1.63. The lowest BCUT2D eigenvalue weighted by Gasteiger charge is -2.26. The molecule has 6 N–H and O–H groups in total. The molecule has 0 bridgehead atoms. The number of carbonyl (C=O) groups excluding carboxylic acids is 4. The van der Waals surface area contributed by atoms with E-state index in [0.29, 0.717) is 38.6 Å². The van der Waals surface area contributed by atoms with E-state index in [2.05, 4.69) is 21.3 Å². The van der Waals surface area contributed by atoms with Crippen LogP contribution >= 0.6 is 0 Å². The molecule has 0 aliphatic carbocycles. The van der Waals surface area contributed by atoms with Crippen LogP contribution in [-0.2, 0) is 28.8 Å². The summed E-state index contributed by atoms with van der Waals surface area (Å²) >= 11 is 0. The van der Waals surface area contributed by atoms with Gasteiger partial charge in [0.25, 0.3) is 0 Å². The minimum Gasteiger partial charge on any atom is -0.481 e. The lowest BCUT2D eigenvalue weighted by molar-refractivity contribution is -0.139. The molecule has 12 nitrogen and oxygen atoms in total. The number of unbranched alkanes of at least 4 members (excludes halogenated alkanes) is 1. The summed E-state index contributed by atoms with van der Waals surface area (Å²) in [7, 11) is 0. The van der Waals surface area contributed by atoms with Crippen LogP contribution in [0.4, 0.5) is 0 Å². The van der Waals surface area contributed by atoms with E-state index < -0.39 is 35.8 Å². The molecule has 0 aliphatic heterocycles. The minimum atomic E-state index is -1.08. The molecule has 3 unspecified atom stereocenters. The molecule has 0 fully saturated rings. The number of carboxylic acids is 2. The van der Waals surface area contributed by atoms with Crippen LogP contribution in [0.5, 0.6) is 0 Å². The van der Waals surface area contributed by atoms with Crippen molar-refractivity contribution >= 4 is 35.6 Å². The quantitative estimate of drug-likeness (QED) is 0.116. The van der Waals surface area contributed by atoms with Gasteiger partial charge in [-0.15, -0.1) is 0 Å². The van der Waals surface area contributed by atoms with Gasteiger partial charge >= 0.3 is 11.9 Å². The average Bonchev–Trinajstić information content (AvgIpc) is 2.90. The fourth-order valence-electron chi connectivity index (χ4n) is 3.84. The molecule has 4 amide bonds. The molecule has 0 aromatic carbocycles. The van der Waals surface area contributed by atoms with Gasteiger partial charge in [-0.25, -0.2) is 0 Å². The molecule has 0 heterocycles. The van der Waals surface area contributed by atoms with E-state index in [4.69, 9.17) is 10.2 Å². The van der Waals surface area contributed by atoms with Crippen LogP contribution < -0.4 is 21.3 Å². The molecule has 0 radical (unpaired) electrons. The van der Waals surface area contributed by atoms with Gasteiger partial charge < -0.3 is 31.5 Å². The van der Waals surface area contributed by atoms with E-state index >= 15 is 0 Å². The molecular formula is C27H48N4O8. The number of hydrogen-bond donors (Lipinski definition) is 6. The highest BCUT2D eigenvalue weighted by Gasteiger charge is 2.28. The van der Waals surface area contributed by atoms with Crippen molar-refractivity contribution < 1.29 is 39.0 Å². The van der Waals surface area contributed by atoms with Crippen molar-refractivity contribution in [3.8, 4) is 0 Å². The number of aliphatic carboxylic acids is 2. The Morgan fingerprint density at radius 2 is 1.08 bits per heavy atom. The lowest BCUT2D eigenvalue weighted by Crippen LogP contribution is -2.52. The number of carbonyl (C=O) groups is 6. The predicted octanol–water partition coefficient (Wildman–Crippen LogP) is 1.96. The van der Waals surface area contributed by atoms with Crippen LogP contribution in [-0.4, -0.2) is 70.5 Å². The zero-order chi connectivity index (χ0) is 30.0. The fourth-order valence-corrected chi connectivity index (χ4v) is 3.84. The Balaban J connectivity index is 4.76.